The van der Waals surface area contributed by atoms with Crippen LogP contribution in [0.15, 0.2) is 72.4 Å². The molecule has 1 N–H and O–H groups in total. The molecule has 3 aromatic rings. The first-order chi connectivity index (χ1) is 14.4. The Labute approximate surface area is 179 Å². The number of aryl methyl sites for hydroxylation is 2. The first kappa shape index (κ1) is 19.9. The van der Waals surface area contributed by atoms with Crippen LogP contribution in [0.25, 0.3) is 5.76 Å². The zero-order chi connectivity index (χ0) is 21.4. The molecule has 6 heteroatoms. The molecule has 2 aromatic carbocycles. The Morgan fingerprint density at radius 1 is 1.00 bits per heavy atom. The molecule has 1 amide bonds. The summed E-state index contributed by atoms with van der Waals surface area (Å²) < 4.78 is 0. The number of anilines is 1. The number of aromatic nitrogens is 1. The Morgan fingerprint density at radius 3 is 2.47 bits per heavy atom. The molecule has 1 saturated heterocycles. The molecule has 0 saturated carbocycles. The molecule has 30 heavy (non-hydrogen) atoms. The monoisotopic (exact) mass is 418 g/mol. The quantitative estimate of drug-likeness (QED) is 0.370. The number of hydrogen-bond acceptors (Lipinski definition) is 4. The molecule has 1 atom stereocenters. The largest absolute Gasteiger partial charge is 0.507 e. The van der Waals surface area contributed by atoms with Gasteiger partial charge in [0.25, 0.3) is 11.7 Å². The van der Waals surface area contributed by atoms with Gasteiger partial charge in [-0.1, -0.05) is 35.9 Å². The minimum atomic E-state index is -0.854. The lowest BCUT2D eigenvalue weighted by atomic mass is 9.98. The molecule has 0 spiro atoms. The topological polar surface area (TPSA) is 70.5 Å². The highest BCUT2D eigenvalue weighted by Gasteiger charge is 2.47. The van der Waals surface area contributed by atoms with E-state index in [-0.39, 0.29) is 11.3 Å². The molecule has 4 rings (SSSR count). The van der Waals surface area contributed by atoms with E-state index in [1.165, 1.54) is 4.90 Å². The summed E-state index contributed by atoms with van der Waals surface area (Å²) in [5.74, 6) is -1.75. The van der Waals surface area contributed by atoms with Crippen molar-refractivity contribution in [3.8, 4) is 0 Å². The second kappa shape index (κ2) is 7.76. The van der Waals surface area contributed by atoms with E-state index in [1.807, 2.05) is 26.0 Å². The number of halogens is 1. The van der Waals surface area contributed by atoms with Gasteiger partial charge < -0.3 is 5.11 Å². The van der Waals surface area contributed by atoms with Crippen LogP contribution in [0.2, 0.25) is 5.02 Å². The fourth-order valence-electron chi connectivity index (χ4n) is 3.58. The first-order valence-electron chi connectivity index (χ1n) is 9.43. The third-order valence-corrected chi connectivity index (χ3v) is 5.51. The van der Waals surface area contributed by atoms with Gasteiger partial charge in [0.1, 0.15) is 11.8 Å². The maximum absolute atomic E-state index is 13.1. The van der Waals surface area contributed by atoms with E-state index in [1.54, 1.807) is 54.7 Å². The van der Waals surface area contributed by atoms with Crippen molar-refractivity contribution in [2.24, 2.45) is 0 Å². The van der Waals surface area contributed by atoms with E-state index in [4.69, 9.17) is 11.6 Å². The molecule has 2 heterocycles. The molecule has 1 unspecified atom stereocenters. The lowest BCUT2D eigenvalue weighted by Crippen LogP contribution is -2.29. The number of Topliss-reactive ketones (excluding diaryl/α,β-unsaturated/α-hetero) is 1. The standard InChI is InChI=1S/C24H19ClN2O3/c1-14-9-10-18(12-15(14)2)27-21(19-8-3-4-11-26-19)20(23(29)24(27)30)22(28)16-6-5-7-17(25)13-16/h3-13,21,28H,1-2H3/b22-20+. The molecule has 0 bridgehead atoms. The number of aliphatic hydroxyl groups is 1. The maximum Gasteiger partial charge on any atom is 0.300 e. The highest BCUT2D eigenvalue weighted by atomic mass is 35.5. The number of carbonyl (C=O) groups is 2. The van der Waals surface area contributed by atoms with Crippen LogP contribution in [0.1, 0.15) is 28.4 Å². The molecular formula is C24H19ClN2O3. The van der Waals surface area contributed by atoms with Gasteiger partial charge in [-0.2, -0.15) is 0 Å². The van der Waals surface area contributed by atoms with Gasteiger partial charge in [0.05, 0.1) is 11.3 Å². The summed E-state index contributed by atoms with van der Waals surface area (Å²) >= 11 is 6.06. The molecule has 0 radical (unpaired) electrons. The lowest BCUT2D eigenvalue weighted by Gasteiger charge is -2.25. The van der Waals surface area contributed by atoms with Crippen molar-refractivity contribution in [1.29, 1.82) is 0 Å². The molecular weight excluding hydrogens is 400 g/mol. The van der Waals surface area contributed by atoms with Crippen molar-refractivity contribution in [1.82, 2.24) is 4.98 Å². The summed E-state index contributed by atoms with van der Waals surface area (Å²) in [4.78, 5) is 31.9. The van der Waals surface area contributed by atoms with Gasteiger partial charge in [0, 0.05) is 22.5 Å². The highest BCUT2D eigenvalue weighted by molar-refractivity contribution is 6.51. The lowest BCUT2D eigenvalue weighted by molar-refractivity contribution is -0.132. The first-order valence-corrected chi connectivity index (χ1v) is 9.81. The average molecular weight is 419 g/mol. The van der Waals surface area contributed by atoms with Crippen LogP contribution in [0.3, 0.4) is 0 Å². The predicted octanol–water partition coefficient (Wildman–Crippen LogP) is 4.98. The second-order valence-corrected chi connectivity index (χ2v) is 7.64. The number of carbonyl (C=O) groups excluding carboxylic acids is 2. The van der Waals surface area contributed by atoms with Gasteiger partial charge in [-0.3, -0.25) is 19.5 Å². The van der Waals surface area contributed by atoms with Crippen LogP contribution in [0, 0.1) is 13.8 Å². The van der Waals surface area contributed by atoms with E-state index in [0.29, 0.717) is 22.0 Å². The number of ketones is 1. The average Bonchev–Trinajstić information content (AvgIpc) is 3.01. The van der Waals surface area contributed by atoms with Crippen molar-refractivity contribution < 1.29 is 14.7 Å². The van der Waals surface area contributed by atoms with Gasteiger partial charge in [-0.15, -0.1) is 0 Å². The molecule has 1 aliphatic heterocycles. The molecule has 1 aromatic heterocycles. The summed E-state index contributed by atoms with van der Waals surface area (Å²) in [7, 11) is 0. The highest BCUT2D eigenvalue weighted by Crippen LogP contribution is 2.41. The zero-order valence-corrected chi connectivity index (χ0v) is 17.2. The van der Waals surface area contributed by atoms with Gasteiger partial charge in [0.2, 0.25) is 0 Å². The number of benzene rings is 2. The van der Waals surface area contributed by atoms with Gasteiger partial charge in [0.15, 0.2) is 0 Å². The Hall–Kier alpha value is -3.44. The SMILES string of the molecule is Cc1ccc(N2C(=O)C(=O)/C(=C(/O)c3cccc(Cl)c3)C2c2ccccn2)cc1C. The fourth-order valence-corrected chi connectivity index (χ4v) is 3.77. The molecule has 150 valence electrons. The van der Waals surface area contributed by atoms with Crippen LogP contribution < -0.4 is 4.90 Å². The molecule has 1 fully saturated rings. The van der Waals surface area contributed by atoms with Crippen molar-refractivity contribution >= 4 is 34.7 Å². The molecule has 1 aliphatic rings. The van der Waals surface area contributed by atoms with Crippen LogP contribution in [-0.4, -0.2) is 21.8 Å². The van der Waals surface area contributed by atoms with E-state index in [0.717, 1.165) is 11.1 Å². The summed E-state index contributed by atoms with van der Waals surface area (Å²) in [5, 5.41) is 11.4. The van der Waals surface area contributed by atoms with Crippen LogP contribution >= 0.6 is 11.6 Å². The Balaban J connectivity index is 1.96. The van der Waals surface area contributed by atoms with Gasteiger partial charge in [-0.25, -0.2) is 0 Å². The summed E-state index contributed by atoms with van der Waals surface area (Å²) in [6.07, 6.45) is 1.59. The maximum atomic E-state index is 13.1. The summed E-state index contributed by atoms with van der Waals surface area (Å²) in [5.41, 5.74) is 3.47. The molecule has 0 aliphatic carbocycles. The van der Waals surface area contributed by atoms with E-state index >= 15 is 0 Å². The number of amides is 1. The van der Waals surface area contributed by atoms with Crippen molar-refractivity contribution in [2.45, 2.75) is 19.9 Å². The smallest absolute Gasteiger partial charge is 0.300 e. The Kier molecular flexibility index (Phi) is 5.14. The second-order valence-electron chi connectivity index (χ2n) is 7.20. The summed E-state index contributed by atoms with van der Waals surface area (Å²) in [6.45, 7) is 3.92. The normalized spacial score (nSPS) is 18.1. The Morgan fingerprint density at radius 2 is 1.80 bits per heavy atom. The Bertz CT molecular complexity index is 1190. The minimum Gasteiger partial charge on any atom is -0.507 e. The third kappa shape index (κ3) is 3.37. The van der Waals surface area contributed by atoms with Crippen molar-refractivity contribution in [3.05, 3.63) is 99.8 Å². The minimum absolute atomic E-state index is 0.0146. The predicted molar refractivity (Wildman–Crippen MR) is 116 cm³/mol. The number of rotatable bonds is 3. The van der Waals surface area contributed by atoms with Gasteiger partial charge >= 0.3 is 0 Å². The number of aliphatic hydroxyl groups excluding tert-OH is 1. The van der Waals surface area contributed by atoms with Crippen LogP contribution in [0.4, 0.5) is 5.69 Å². The number of pyridine rings is 1. The van der Waals surface area contributed by atoms with E-state index in [9.17, 15) is 14.7 Å². The van der Waals surface area contributed by atoms with Gasteiger partial charge in [-0.05, 0) is 61.4 Å². The van der Waals surface area contributed by atoms with Crippen LogP contribution in [-0.2, 0) is 9.59 Å². The fraction of sp³-hybridized carbons (Fsp3) is 0.125. The van der Waals surface area contributed by atoms with Crippen LogP contribution in [0.5, 0.6) is 0 Å². The van der Waals surface area contributed by atoms with Crippen molar-refractivity contribution in [2.75, 3.05) is 4.90 Å². The third-order valence-electron chi connectivity index (χ3n) is 5.28. The molecule has 5 nitrogen and oxygen atoms in total. The van der Waals surface area contributed by atoms with E-state index in [2.05, 4.69) is 4.98 Å². The number of hydrogen-bond donors (Lipinski definition) is 1. The van der Waals surface area contributed by atoms with Crippen molar-refractivity contribution in [3.63, 3.8) is 0 Å². The zero-order valence-electron chi connectivity index (χ0n) is 16.5. The number of nitrogens with zero attached hydrogens (tertiary/aromatic N) is 2. The summed E-state index contributed by atoms with van der Waals surface area (Å²) in [6, 6.07) is 16.5. The van der Waals surface area contributed by atoms with E-state index < -0.39 is 17.7 Å².